The van der Waals surface area contributed by atoms with Crippen LogP contribution in [0.3, 0.4) is 0 Å². The second-order valence-corrected chi connectivity index (χ2v) is 0. The molecule has 0 aliphatic carbocycles. The first kappa shape index (κ1) is 16.9. The minimum atomic E-state index is 0. The molecule has 0 aromatic heterocycles. The van der Waals surface area contributed by atoms with Crippen molar-refractivity contribution in [1.82, 2.24) is 0 Å². The average Bonchev–Trinajstić information content (AvgIpc) is 1.50. The Morgan fingerprint density at radius 3 is 0.800 bits per heavy atom. The molecule has 0 spiro atoms. The Labute approximate surface area is 47.6 Å². The van der Waals surface area contributed by atoms with E-state index in [4.69, 9.17) is 9.59 Å². The largest absolute Gasteiger partial charge is 2.00 e. The quantitative estimate of drug-likeness (QED) is 0.328. The van der Waals surface area contributed by atoms with Gasteiger partial charge in [0.05, 0.1) is 0 Å². The summed E-state index contributed by atoms with van der Waals surface area (Å²) in [5.74, 6) is 0. The van der Waals surface area contributed by atoms with E-state index >= 15 is 0 Å². The van der Waals surface area contributed by atoms with E-state index in [9.17, 15) is 0 Å². The molecule has 5 heavy (non-hydrogen) atoms. The fourth-order valence-corrected chi connectivity index (χ4v) is 0. The van der Waals surface area contributed by atoms with Crippen molar-refractivity contribution in [3.05, 3.63) is 0 Å². The molecule has 0 N–H and O–H groups in total. The molecule has 5 heteroatoms. The maximum Gasteiger partial charge on any atom is 2.00 e. The van der Waals surface area contributed by atoms with Crippen LogP contribution < -0.4 is 9.59 Å². The molecule has 0 aliphatic rings. The van der Waals surface area contributed by atoms with Crippen LogP contribution in [0.4, 0.5) is 0 Å². The van der Waals surface area contributed by atoms with Gasteiger partial charge in [-0.15, -0.1) is 0 Å². The summed E-state index contributed by atoms with van der Waals surface area (Å²) in [6.07, 6.45) is 0. The summed E-state index contributed by atoms with van der Waals surface area (Å²) in [5.41, 5.74) is 0. The summed E-state index contributed by atoms with van der Waals surface area (Å²) < 4.78 is 0. The van der Waals surface area contributed by atoms with Crippen molar-refractivity contribution in [2.75, 3.05) is 0 Å². The fraction of sp³-hybridized carbons (Fsp3) is 0. The molecule has 0 aromatic rings. The van der Waals surface area contributed by atoms with Crippen LogP contribution in [-0.2, 0) is 16.5 Å². The Morgan fingerprint density at radius 1 is 0.800 bits per heavy atom. The van der Waals surface area contributed by atoms with E-state index in [0.717, 1.165) is 0 Å². The van der Waals surface area contributed by atoms with Gasteiger partial charge in [-0.3, -0.25) is 0 Å². The molecule has 0 unspecified atom stereocenters. The van der Waals surface area contributed by atoms with E-state index in [1.165, 1.54) is 0 Å². The number of hydrogen-bond donors (Lipinski definition) is 0. The van der Waals surface area contributed by atoms with Gasteiger partial charge in [0.2, 0.25) is 0 Å². The van der Waals surface area contributed by atoms with Gasteiger partial charge in [-0.1, -0.05) is 21.0 Å². The molecule has 0 amide bonds. The van der Waals surface area contributed by atoms with E-state index in [2.05, 4.69) is 0 Å². The van der Waals surface area contributed by atoms with Crippen molar-refractivity contribution in [3.8, 4) is 0 Å². The standard InChI is InChI=1S/Ni.2H3OSi/c;2*1-2/h;2*2H3/q+2;2*-1. The Morgan fingerprint density at radius 2 is 0.800 bits per heavy atom. The van der Waals surface area contributed by atoms with Gasteiger partial charge >= 0.3 is 16.5 Å². The van der Waals surface area contributed by atoms with Gasteiger partial charge in [0.1, 0.15) is 0 Å². The maximum absolute atomic E-state index is 8.39. The third kappa shape index (κ3) is 54.7. The summed E-state index contributed by atoms with van der Waals surface area (Å²) in [6, 6.07) is 0. The summed E-state index contributed by atoms with van der Waals surface area (Å²) in [6.45, 7) is 0. The monoisotopic (exact) mass is 152 g/mol. The van der Waals surface area contributed by atoms with Crippen LogP contribution >= 0.6 is 0 Å². The third-order valence-corrected chi connectivity index (χ3v) is 0. The fourth-order valence-electron chi connectivity index (χ4n) is 0. The number of rotatable bonds is 0. The smallest absolute Gasteiger partial charge is 0.865 e. The van der Waals surface area contributed by atoms with Gasteiger partial charge in [-0.25, -0.2) is 0 Å². The first-order valence-electron chi connectivity index (χ1n) is 0.816. The number of hydrogen-bond acceptors (Lipinski definition) is 2. The maximum atomic E-state index is 8.39. The molecular weight excluding hydrogens is 147 g/mol. The zero-order chi connectivity index (χ0) is 4.00. The summed E-state index contributed by atoms with van der Waals surface area (Å²) in [7, 11) is 0.111. The third-order valence-electron chi connectivity index (χ3n) is 0. The second-order valence-electron chi connectivity index (χ2n) is 0. The summed E-state index contributed by atoms with van der Waals surface area (Å²) >= 11 is 0. The predicted octanol–water partition coefficient (Wildman–Crippen LogP) is -4.75. The summed E-state index contributed by atoms with van der Waals surface area (Å²) in [4.78, 5) is 16.8. The molecule has 0 atom stereocenters. The van der Waals surface area contributed by atoms with E-state index < -0.39 is 0 Å². The Balaban J connectivity index is -0.0000000133. The van der Waals surface area contributed by atoms with Crippen molar-refractivity contribution in [3.63, 3.8) is 0 Å². The van der Waals surface area contributed by atoms with Crippen molar-refractivity contribution < 1.29 is 26.1 Å². The minimum absolute atomic E-state index is 0. The minimum Gasteiger partial charge on any atom is -0.865 e. The molecule has 2 nitrogen and oxygen atoms in total. The van der Waals surface area contributed by atoms with Crippen LogP contribution in [0, 0.1) is 0 Å². The molecule has 36 valence electrons. The van der Waals surface area contributed by atoms with Crippen LogP contribution in [0.1, 0.15) is 0 Å². The summed E-state index contributed by atoms with van der Waals surface area (Å²) in [5, 5.41) is 0. The molecule has 0 saturated carbocycles. The van der Waals surface area contributed by atoms with Crippen LogP contribution in [-0.4, -0.2) is 21.0 Å². The van der Waals surface area contributed by atoms with E-state index in [0.29, 0.717) is 0 Å². The molecule has 0 bridgehead atoms. The predicted molar refractivity (Wildman–Crippen MR) is 19.9 cm³/mol. The average molecular weight is 153 g/mol. The molecule has 0 rings (SSSR count). The molecule has 0 saturated heterocycles. The first-order chi connectivity index (χ1) is 2.00. The van der Waals surface area contributed by atoms with Gasteiger partial charge in [0.15, 0.2) is 0 Å². The van der Waals surface area contributed by atoms with Crippen LogP contribution in [0.5, 0.6) is 0 Å². The Bertz CT molecular complexity index is 7.61. The van der Waals surface area contributed by atoms with Crippen molar-refractivity contribution in [1.29, 1.82) is 0 Å². The van der Waals surface area contributed by atoms with E-state index in [1.54, 1.807) is 0 Å². The molecule has 0 radical (unpaired) electrons. The van der Waals surface area contributed by atoms with E-state index in [1.807, 2.05) is 0 Å². The van der Waals surface area contributed by atoms with Crippen LogP contribution in [0.2, 0.25) is 0 Å². The Hall–Kier alpha value is 0.847. The molecular formula is H6NiO2Si2. The van der Waals surface area contributed by atoms with Crippen molar-refractivity contribution in [2.45, 2.75) is 0 Å². The van der Waals surface area contributed by atoms with Gasteiger partial charge in [-0.05, 0) is 0 Å². The Kier molecular flexibility index (Phi) is 339. The molecule has 0 fully saturated rings. The van der Waals surface area contributed by atoms with Gasteiger partial charge < -0.3 is 9.59 Å². The first-order valence-corrected chi connectivity index (χ1v) is 2.45. The van der Waals surface area contributed by atoms with Crippen molar-refractivity contribution >= 4 is 21.0 Å². The van der Waals surface area contributed by atoms with Gasteiger partial charge in [-0.2, -0.15) is 0 Å². The van der Waals surface area contributed by atoms with Gasteiger partial charge in [0.25, 0.3) is 0 Å². The molecule has 0 aliphatic heterocycles. The molecule has 0 heterocycles. The van der Waals surface area contributed by atoms with E-state index in [-0.39, 0.29) is 37.5 Å². The SMILES string of the molecule is [Ni+2].[O-][SiH3].[O-][SiH3]. The zero-order valence-corrected chi connectivity index (χ0v) is 8.12. The zero-order valence-electron chi connectivity index (χ0n) is 3.13. The van der Waals surface area contributed by atoms with Gasteiger partial charge in [0, 0.05) is 0 Å². The van der Waals surface area contributed by atoms with Crippen LogP contribution in [0.25, 0.3) is 0 Å². The topological polar surface area (TPSA) is 46.1 Å². The van der Waals surface area contributed by atoms with Crippen molar-refractivity contribution in [2.24, 2.45) is 0 Å². The second kappa shape index (κ2) is 99.9. The normalized spacial score (nSPS) is 3.60. The molecule has 0 aromatic carbocycles. The van der Waals surface area contributed by atoms with Crippen LogP contribution in [0.15, 0.2) is 0 Å².